The summed E-state index contributed by atoms with van der Waals surface area (Å²) in [6, 6.07) is 16.5. The molecule has 1 aromatic heterocycles. The second-order valence-electron chi connectivity index (χ2n) is 5.70. The molecule has 0 fully saturated rings. The van der Waals surface area contributed by atoms with Crippen molar-refractivity contribution in [1.82, 2.24) is 4.98 Å². The monoisotopic (exact) mass is 409 g/mol. The summed E-state index contributed by atoms with van der Waals surface area (Å²) in [7, 11) is 0. The number of benzene rings is 2. The molecule has 3 aromatic rings. The number of allylic oxidation sites excluding steroid dienone is 1. The molecule has 0 bridgehead atoms. The van der Waals surface area contributed by atoms with Gasteiger partial charge in [0.1, 0.15) is 16.6 Å². The largest absolute Gasteiger partial charge is 0.359 e. The fourth-order valence-electron chi connectivity index (χ4n) is 2.28. The highest BCUT2D eigenvalue weighted by atomic mass is 79.9. The van der Waals surface area contributed by atoms with Crippen molar-refractivity contribution in [3.63, 3.8) is 0 Å². The van der Waals surface area contributed by atoms with E-state index >= 15 is 0 Å². The second kappa shape index (κ2) is 7.64. The molecule has 0 amide bonds. The smallest absolute Gasteiger partial charge is 0.136 e. The Kier molecular flexibility index (Phi) is 5.32. The minimum Gasteiger partial charge on any atom is -0.359 e. The SMILES string of the molecule is Cc1ccc(-c2csc(C(C#N)=CNc3ccc(C)cc3Br)n2)cc1. The molecule has 0 saturated carbocycles. The number of halogens is 1. The van der Waals surface area contributed by atoms with Gasteiger partial charge in [-0.3, -0.25) is 0 Å². The van der Waals surface area contributed by atoms with Crippen LogP contribution in [0.15, 0.2) is 58.5 Å². The summed E-state index contributed by atoms with van der Waals surface area (Å²) in [6.45, 7) is 4.09. The van der Waals surface area contributed by atoms with Crippen molar-refractivity contribution in [1.29, 1.82) is 5.26 Å². The van der Waals surface area contributed by atoms with Gasteiger partial charge in [0.15, 0.2) is 0 Å². The third-order valence-corrected chi connectivity index (χ3v) is 5.23. The minimum atomic E-state index is 0.510. The van der Waals surface area contributed by atoms with Crippen LogP contribution in [0.3, 0.4) is 0 Å². The minimum absolute atomic E-state index is 0.510. The van der Waals surface area contributed by atoms with Gasteiger partial charge < -0.3 is 5.32 Å². The number of nitrogens with one attached hydrogen (secondary N) is 1. The molecule has 0 aliphatic carbocycles. The lowest BCUT2D eigenvalue weighted by atomic mass is 10.1. The zero-order valence-electron chi connectivity index (χ0n) is 13.9. The van der Waals surface area contributed by atoms with Crippen LogP contribution in [0, 0.1) is 25.2 Å². The summed E-state index contributed by atoms with van der Waals surface area (Å²) < 4.78 is 0.959. The normalized spacial score (nSPS) is 11.2. The Bertz CT molecular complexity index is 965. The maximum Gasteiger partial charge on any atom is 0.136 e. The molecule has 3 rings (SSSR count). The topological polar surface area (TPSA) is 48.7 Å². The molecule has 0 spiro atoms. The molecule has 0 aliphatic rings. The van der Waals surface area contributed by atoms with Crippen LogP contribution in [0.25, 0.3) is 16.8 Å². The van der Waals surface area contributed by atoms with E-state index in [0.717, 1.165) is 21.4 Å². The average Bonchev–Trinajstić information content (AvgIpc) is 3.07. The summed E-state index contributed by atoms with van der Waals surface area (Å²) in [5.74, 6) is 0. The molecule has 1 N–H and O–H groups in total. The number of rotatable bonds is 4. The van der Waals surface area contributed by atoms with E-state index in [9.17, 15) is 5.26 Å². The average molecular weight is 410 g/mol. The third-order valence-electron chi connectivity index (χ3n) is 3.70. The molecule has 124 valence electrons. The van der Waals surface area contributed by atoms with Crippen LogP contribution < -0.4 is 5.32 Å². The van der Waals surface area contributed by atoms with Gasteiger partial charge in [-0.2, -0.15) is 5.26 Å². The molecule has 5 heteroatoms. The quantitative estimate of drug-likeness (QED) is 0.524. The van der Waals surface area contributed by atoms with E-state index in [2.05, 4.69) is 51.4 Å². The lowest BCUT2D eigenvalue weighted by molar-refractivity contribution is 1.35. The zero-order valence-corrected chi connectivity index (χ0v) is 16.3. The number of aryl methyl sites for hydroxylation is 2. The van der Waals surface area contributed by atoms with Crippen molar-refractivity contribution in [2.45, 2.75) is 13.8 Å². The van der Waals surface area contributed by atoms with Gasteiger partial charge in [-0.05, 0) is 47.5 Å². The Labute approximate surface area is 159 Å². The number of nitriles is 1. The van der Waals surface area contributed by atoms with Crippen LogP contribution in [0.4, 0.5) is 5.69 Å². The Morgan fingerprint density at radius 1 is 1.16 bits per heavy atom. The van der Waals surface area contributed by atoms with Crippen LogP contribution in [0.2, 0.25) is 0 Å². The molecular formula is C20H16BrN3S. The summed E-state index contributed by atoms with van der Waals surface area (Å²) in [5.41, 5.74) is 5.75. The van der Waals surface area contributed by atoms with Crippen molar-refractivity contribution < 1.29 is 0 Å². The van der Waals surface area contributed by atoms with Gasteiger partial charge in [-0.25, -0.2) is 4.98 Å². The van der Waals surface area contributed by atoms with Gasteiger partial charge in [-0.15, -0.1) is 11.3 Å². The molecule has 0 saturated heterocycles. The fraction of sp³-hybridized carbons (Fsp3) is 0.100. The molecule has 3 nitrogen and oxygen atoms in total. The van der Waals surface area contributed by atoms with E-state index in [1.165, 1.54) is 22.5 Å². The number of aromatic nitrogens is 1. The van der Waals surface area contributed by atoms with E-state index in [4.69, 9.17) is 0 Å². The Morgan fingerprint density at radius 2 is 1.88 bits per heavy atom. The lowest BCUT2D eigenvalue weighted by Gasteiger charge is -2.05. The lowest BCUT2D eigenvalue weighted by Crippen LogP contribution is -1.92. The van der Waals surface area contributed by atoms with Gasteiger partial charge in [0.25, 0.3) is 0 Å². The number of thiazole rings is 1. The third kappa shape index (κ3) is 4.16. The first kappa shape index (κ1) is 17.4. The number of anilines is 1. The predicted octanol–water partition coefficient (Wildman–Crippen LogP) is 6.17. The summed E-state index contributed by atoms with van der Waals surface area (Å²) in [4.78, 5) is 4.61. The number of nitrogens with zero attached hydrogens (tertiary/aromatic N) is 2. The Hall–Kier alpha value is -2.42. The van der Waals surface area contributed by atoms with E-state index in [1.54, 1.807) is 6.20 Å². The number of hydrogen-bond donors (Lipinski definition) is 1. The summed E-state index contributed by atoms with van der Waals surface area (Å²) >= 11 is 5.00. The van der Waals surface area contributed by atoms with E-state index in [1.807, 2.05) is 42.6 Å². The van der Waals surface area contributed by atoms with Crippen molar-refractivity contribution >= 4 is 38.5 Å². The second-order valence-corrected chi connectivity index (χ2v) is 7.41. The molecule has 1 heterocycles. The van der Waals surface area contributed by atoms with Crippen molar-refractivity contribution in [2.24, 2.45) is 0 Å². The van der Waals surface area contributed by atoms with Crippen LogP contribution in [-0.4, -0.2) is 4.98 Å². The number of hydrogen-bond acceptors (Lipinski definition) is 4. The van der Waals surface area contributed by atoms with E-state index in [-0.39, 0.29) is 0 Å². The van der Waals surface area contributed by atoms with Crippen molar-refractivity contribution in [3.8, 4) is 17.3 Å². The molecule has 0 radical (unpaired) electrons. The predicted molar refractivity (Wildman–Crippen MR) is 108 cm³/mol. The Balaban J connectivity index is 1.84. The van der Waals surface area contributed by atoms with Gasteiger partial charge in [0.05, 0.1) is 11.4 Å². The van der Waals surface area contributed by atoms with Crippen molar-refractivity contribution in [3.05, 3.63) is 74.7 Å². The molecule has 0 atom stereocenters. The van der Waals surface area contributed by atoms with Crippen LogP contribution >= 0.6 is 27.3 Å². The Morgan fingerprint density at radius 3 is 2.56 bits per heavy atom. The van der Waals surface area contributed by atoms with E-state index < -0.39 is 0 Å². The fourth-order valence-corrected chi connectivity index (χ4v) is 3.69. The molecule has 0 aliphatic heterocycles. The summed E-state index contributed by atoms with van der Waals surface area (Å²) in [6.07, 6.45) is 1.70. The first-order valence-corrected chi connectivity index (χ1v) is 9.40. The van der Waals surface area contributed by atoms with Crippen molar-refractivity contribution in [2.75, 3.05) is 5.32 Å². The van der Waals surface area contributed by atoms with Gasteiger partial charge in [0.2, 0.25) is 0 Å². The van der Waals surface area contributed by atoms with E-state index in [0.29, 0.717) is 10.6 Å². The maximum absolute atomic E-state index is 9.48. The highest BCUT2D eigenvalue weighted by molar-refractivity contribution is 9.10. The molecule has 2 aromatic carbocycles. The first-order valence-electron chi connectivity index (χ1n) is 7.73. The van der Waals surface area contributed by atoms with Crippen LogP contribution in [-0.2, 0) is 0 Å². The van der Waals surface area contributed by atoms with Gasteiger partial charge >= 0.3 is 0 Å². The standard InChI is InChI=1S/C20H16BrN3S/c1-13-3-6-15(7-4-13)19-12-25-20(24-19)16(10-22)11-23-18-8-5-14(2)9-17(18)21/h3-9,11-12,23H,1-2H3. The highest BCUT2D eigenvalue weighted by Crippen LogP contribution is 2.27. The highest BCUT2D eigenvalue weighted by Gasteiger charge is 2.09. The first-order chi connectivity index (χ1) is 12.1. The summed E-state index contributed by atoms with van der Waals surface area (Å²) in [5, 5.41) is 15.3. The maximum atomic E-state index is 9.48. The molecule has 0 unspecified atom stereocenters. The van der Waals surface area contributed by atoms with Crippen LogP contribution in [0.1, 0.15) is 16.1 Å². The zero-order chi connectivity index (χ0) is 17.8. The van der Waals surface area contributed by atoms with Crippen LogP contribution in [0.5, 0.6) is 0 Å². The van der Waals surface area contributed by atoms with Gasteiger partial charge in [-0.1, -0.05) is 35.9 Å². The van der Waals surface area contributed by atoms with Gasteiger partial charge in [0, 0.05) is 21.6 Å². The molecular weight excluding hydrogens is 394 g/mol. The molecule has 25 heavy (non-hydrogen) atoms.